The predicted octanol–water partition coefficient (Wildman–Crippen LogP) is 2.45. The van der Waals surface area contributed by atoms with Gasteiger partial charge >= 0.3 is 0 Å². The Balaban J connectivity index is 2.60. The molecule has 0 amide bonds. The SMILES string of the molecule is CC(C)c1[nH]n(-c2ccncc2)c(=O)c1Br. The Labute approximate surface area is 101 Å². The second-order valence-corrected chi connectivity index (χ2v) is 4.63. The maximum Gasteiger partial charge on any atom is 0.285 e. The van der Waals surface area contributed by atoms with E-state index in [2.05, 4.69) is 26.0 Å². The average molecular weight is 282 g/mol. The first-order valence-corrected chi connectivity index (χ1v) is 5.81. The number of aromatic amines is 1. The minimum absolute atomic E-state index is 0.0742. The van der Waals surface area contributed by atoms with Crippen LogP contribution in [0.15, 0.2) is 33.8 Å². The lowest BCUT2D eigenvalue weighted by Gasteiger charge is -2.02. The summed E-state index contributed by atoms with van der Waals surface area (Å²) in [6, 6.07) is 3.57. The van der Waals surface area contributed by atoms with Gasteiger partial charge in [-0.1, -0.05) is 13.8 Å². The summed E-state index contributed by atoms with van der Waals surface area (Å²) >= 11 is 3.32. The Morgan fingerprint density at radius 2 is 2.00 bits per heavy atom. The molecule has 0 bridgehead atoms. The van der Waals surface area contributed by atoms with Crippen molar-refractivity contribution in [2.24, 2.45) is 0 Å². The number of rotatable bonds is 2. The first-order valence-electron chi connectivity index (χ1n) is 5.02. The lowest BCUT2D eigenvalue weighted by molar-refractivity contribution is 0.759. The second kappa shape index (κ2) is 4.25. The van der Waals surface area contributed by atoms with Gasteiger partial charge in [0.2, 0.25) is 0 Å². The number of pyridine rings is 1. The second-order valence-electron chi connectivity index (χ2n) is 3.84. The van der Waals surface area contributed by atoms with E-state index < -0.39 is 0 Å². The van der Waals surface area contributed by atoms with Crippen LogP contribution in [-0.4, -0.2) is 14.8 Å². The Hall–Kier alpha value is -1.36. The highest BCUT2D eigenvalue weighted by Crippen LogP contribution is 2.20. The molecule has 2 heterocycles. The highest BCUT2D eigenvalue weighted by atomic mass is 79.9. The Morgan fingerprint density at radius 1 is 1.38 bits per heavy atom. The summed E-state index contributed by atoms with van der Waals surface area (Å²) in [6.07, 6.45) is 3.32. The number of nitrogens with one attached hydrogen (secondary N) is 1. The largest absolute Gasteiger partial charge is 0.294 e. The molecule has 0 aliphatic rings. The molecular formula is C11H12BrN3O. The molecule has 1 N–H and O–H groups in total. The first-order chi connectivity index (χ1) is 7.61. The minimum Gasteiger partial charge on any atom is -0.294 e. The van der Waals surface area contributed by atoms with Crippen molar-refractivity contribution in [3.8, 4) is 5.69 Å². The molecule has 2 rings (SSSR count). The van der Waals surface area contributed by atoms with E-state index in [1.165, 1.54) is 4.68 Å². The quantitative estimate of drug-likeness (QED) is 0.919. The van der Waals surface area contributed by atoms with Crippen molar-refractivity contribution in [1.29, 1.82) is 0 Å². The van der Waals surface area contributed by atoms with Gasteiger partial charge in [-0.2, -0.15) is 0 Å². The van der Waals surface area contributed by atoms with E-state index in [1.54, 1.807) is 24.5 Å². The predicted molar refractivity (Wildman–Crippen MR) is 66.0 cm³/mol. The van der Waals surface area contributed by atoms with Crippen LogP contribution in [0.1, 0.15) is 25.5 Å². The lowest BCUT2D eigenvalue weighted by atomic mass is 10.1. The van der Waals surface area contributed by atoms with E-state index in [4.69, 9.17) is 0 Å². The molecule has 5 heteroatoms. The van der Waals surface area contributed by atoms with E-state index in [0.717, 1.165) is 11.4 Å². The van der Waals surface area contributed by atoms with E-state index in [-0.39, 0.29) is 11.5 Å². The Morgan fingerprint density at radius 3 is 2.50 bits per heavy atom. The van der Waals surface area contributed by atoms with Gasteiger partial charge in [-0.15, -0.1) is 0 Å². The fourth-order valence-electron chi connectivity index (χ4n) is 1.49. The fourth-order valence-corrected chi connectivity index (χ4v) is 2.21. The lowest BCUT2D eigenvalue weighted by Crippen LogP contribution is -2.14. The maximum absolute atomic E-state index is 12.0. The summed E-state index contributed by atoms with van der Waals surface area (Å²) in [4.78, 5) is 15.9. The molecule has 0 aromatic carbocycles. The van der Waals surface area contributed by atoms with Crippen LogP contribution >= 0.6 is 15.9 Å². The number of H-pyrrole nitrogens is 1. The third-order valence-electron chi connectivity index (χ3n) is 2.36. The summed E-state index contributed by atoms with van der Waals surface area (Å²) < 4.78 is 2.11. The molecule has 84 valence electrons. The van der Waals surface area contributed by atoms with Gasteiger partial charge in [-0.3, -0.25) is 14.9 Å². The number of halogens is 1. The van der Waals surface area contributed by atoms with Gasteiger partial charge in [0.1, 0.15) is 4.47 Å². The van der Waals surface area contributed by atoms with E-state index in [1.807, 2.05) is 13.8 Å². The number of hydrogen-bond acceptors (Lipinski definition) is 2. The van der Waals surface area contributed by atoms with Crippen molar-refractivity contribution in [3.63, 3.8) is 0 Å². The molecule has 0 aliphatic heterocycles. The van der Waals surface area contributed by atoms with Gasteiger partial charge in [0.05, 0.1) is 11.4 Å². The molecule has 0 saturated heterocycles. The van der Waals surface area contributed by atoms with Crippen molar-refractivity contribution in [2.45, 2.75) is 19.8 Å². The zero-order valence-corrected chi connectivity index (χ0v) is 10.7. The van der Waals surface area contributed by atoms with Crippen molar-refractivity contribution in [2.75, 3.05) is 0 Å². The van der Waals surface area contributed by atoms with Crippen LogP contribution in [0.5, 0.6) is 0 Å². The highest BCUT2D eigenvalue weighted by molar-refractivity contribution is 9.10. The molecule has 0 saturated carbocycles. The van der Waals surface area contributed by atoms with Gasteiger partial charge < -0.3 is 0 Å². The van der Waals surface area contributed by atoms with Crippen LogP contribution in [0.4, 0.5) is 0 Å². The summed E-state index contributed by atoms with van der Waals surface area (Å²) in [5, 5.41) is 3.09. The Bertz CT molecular complexity index is 542. The first kappa shape index (κ1) is 11.1. The highest BCUT2D eigenvalue weighted by Gasteiger charge is 2.14. The smallest absolute Gasteiger partial charge is 0.285 e. The number of aromatic nitrogens is 3. The molecule has 16 heavy (non-hydrogen) atoms. The normalized spacial score (nSPS) is 11.0. The molecule has 0 aliphatic carbocycles. The zero-order chi connectivity index (χ0) is 11.7. The van der Waals surface area contributed by atoms with Crippen LogP contribution < -0.4 is 5.56 Å². The van der Waals surface area contributed by atoms with Crippen LogP contribution in [0, 0.1) is 0 Å². The van der Waals surface area contributed by atoms with Crippen LogP contribution in [0.2, 0.25) is 0 Å². The van der Waals surface area contributed by atoms with Gasteiger partial charge in [0.15, 0.2) is 0 Å². The molecule has 0 fully saturated rings. The molecule has 2 aromatic rings. The summed E-state index contributed by atoms with van der Waals surface area (Å²) in [5.74, 6) is 0.269. The number of nitrogens with zero attached hydrogens (tertiary/aromatic N) is 2. The van der Waals surface area contributed by atoms with E-state index in [9.17, 15) is 4.79 Å². The van der Waals surface area contributed by atoms with Gasteiger partial charge in [-0.05, 0) is 34.0 Å². The summed E-state index contributed by atoms with van der Waals surface area (Å²) in [6.45, 7) is 4.07. The topological polar surface area (TPSA) is 50.7 Å². The molecule has 0 radical (unpaired) electrons. The summed E-state index contributed by atoms with van der Waals surface area (Å²) in [5.41, 5.74) is 1.62. The van der Waals surface area contributed by atoms with Crippen molar-refractivity contribution in [1.82, 2.24) is 14.8 Å². The van der Waals surface area contributed by atoms with Crippen LogP contribution in [0.3, 0.4) is 0 Å². The minimum atomic E-state index is -0.0742. The summed E-state index contributed by atoms with van der Waals surface area (Å²) in [7, 11) is 0. The standard InChI is InChI=1S/C11H12BrN3O/c1-7(2)10-9(12)11(16)15(14-10)8-3-5-13-6-4-8/h3-7,14H,1-2H3. The van der Waals surface area contributed by atoms with Gasteiger partial charge in [-0.25, -0.2) is 4.68 Å². The average Bonchev–Trinajstić information content (AvgIpc) is 2.58. The van der Waals surface area contributed by atoms with E-state index >= 15 is 0 Å². The van der Waals surface area contributed by atoms with Crippen LogP contribution in [0.25, 0.3) is 5.69 Å². The molecule has 2 aromatic heterocycles. The molecule has 0 spiro atoms. The van der Waals surface area contributed by atoms with Crippen molar-refractivity contribution in [3.05, 3.63) is 45.0 Å². The molecule has 0 atom stereocenters. The van der Waals surface area contributed by atoms with Gasteiger partial charge in [0, 0.05) is 12.4 Å². The van der Waals surface area contributed by atoms with Crippen molar-refractivity contribution >= 4 is 15.9 Å². The van der Waals surface area contributed by atoms with E-state index in [0.29, 0.717) is 4.47 Å². The zero-order valence-electron chi connectivity index (χ0n) is 9.07. The maximum atomic E-state index is 12.0. The fraction of sp³-hybridized carbons (Fsp3) is 0.273. The van der Waals surface area contributed by atoms with Gasteiger partial charge in [0.25, 0.3) is 5.56 Å². The third-order valence-corrected chi connectivity index (χ3v) is 3.12. The van der Waals surface area contributed by atoms with Crippen molar-refractivity contribution < 1.29 is 0 Å². The molecule has 0 unspecified atom stereocenters. The van der Waals surface area contributed by atoms with Crippen LogP contribution in [-0.2, 0) is 0 Å². The Kier molecular flexibility index (Phi) is 2.96. The number of hydrogen-bond donors (Lipinski definition) is 1. The monoisotopic (exact) mass is 281 g/mol. The third kappa shape index (κ3) is 1.82. The molecule has 4 nitrogen and oxygen atoms in total. The molecular weight excluding hydrogens is 270 g/mol.